The van der Waals surface area contributed by atoms with Crippen LogP contribution in [-0.4, -0.2) is 35.4 Å². The van der Waals surface area contributed by atoms with Gasteiger partial charge < -0.3 is 14.0 Å². The van der Waals surface area contributed by atoms with E-state index < -0.39 is 65.9 Å². The van der Waals surface area contributed by atoms with E-state index in [2.05, 4.69) is 0 Å². The van der Waals surface area contributed by atoms with Crippen molar-refractivity contribution in [2.75, 3.05) is 0 Å². The summed E-state index contributed by atoms with van der Waals surface area (Å²) in [5.74, 6) is -1.17. The minimum absolute atomic E-state index is 0.0537. The third-order valence-corrected chi connectivity index (χ3v) is 7.29. The minimum atomic E-state index is -4.84. The van der Waals surface area contributed by atoms with Crippen molar-refractivity contribution in [3.63, 3.8) is 0 Å². The lowest BCUT2D eigenvalue weighted by molar-refractivity contribution is -0.138. The first-order chi connectivity index (χ1) is 17.3. The molecule has 0 spiro atoms. The number of ether oxygens (including phenoxy) is 1. The highest BCUT2D eigenvalue weighted by atomic mass is 19.4. The van der Waals surface area contributed by atoms with Gasteiger partial charge in [0.05, 0.1) is 28.4 Å². The zero-order valence-electron chi connectivity index (χ0n) is 21.1. The molecule has 5 nitrogen and oxygen atoms in total. The molecule has 2 aromatic rings. The molecule has 0 unspecified atom stereocenters. The number of rotatable bonds is 4. The van der Waals surface area contributed by atoms with E-state index >= 15 is 0 Å². The van der Waals surface area contributed by atoms with Gasteiger partial charge in [0, 0.05) is 6.54 Å². The first kappa shape index (κ1) is 28.2. The summed E-state index contributed by atoms with van der Waals surface area (Å²) in [4.78, 5) is 13.8. The molecule has 0 aliphatic carbocycles. The van der Waals surface area contributed by atoms with Gasteiger partial charge in [-0.3, -0.25) is 4.90 Å². The third-order valence-electron chi connectivity index (χ3n) is 7.29. The summed E-state index contributed by atoms with van der Waals surface area (Å²) >= 11 is 0. The van der Waals surface area contributed by atoms with Crippen LogP contribution in [0.1, 0.15) is 63.0 Å². The third kappa shape index (κ3) is 5.22. The summed E-state index contributed by atoms with van der Waals surface area (Å²) in [5, 5.41) is 0. The second-order valence-corrected chi connectivity index (χ2v) is 10.4. The Labute approximate surface area is 215 Å². The number of benzene rings is 2. The molecule has 0 radical (unpaired) electrons. The Hall–Kier alpha value is -2.80. The fourth-order valence-corrected chi connectivity index (χ4v) is 4.40. The van der Waals surface area contributed by atoms with Crippen LogP contribution in [0, 0.1) is 5.82 Å². The second-order valence-electron chi connectivity index (χ2n) is 10.4. The highest BCUT2D eigenvalue weighted by Crippen LogP contribution is 2.40. The van der Waals surface area contributed by atoms with Crippen molar-refractivity contribution in [2.24, 2.45) is 0 Å². The summed E-state index contributed by atoms with van der Waals surface area (Å²) in [6.07, 6.45) is -11.8. The van der Waals surface area contributed by atoms with E-state index in [1.807, 2.05) is 0 Å². The average Bonchev–Trinajstić information content (AvgIpc) is 3.17. The van der Waals surface area contributed by atoms with Crippen molar-refractivity contribution in [1.82, 2.24) is 4.90 Å². The molecule has 2 aliphatic rings. The molecule has 2 saturated heterocycles. The van der Waals surface area contributed by atoms with Crippen molar-refractivity contribution in [3.8, 4) is 0 Å². The summed E-state index contributed by atoms with van der Waals surface area (Å²) < 4.78 is 112. The molecule has 0 N–H and O–H groups in total. The van der Waals surface area contributed by atoms with Gasteiger partial charge in [-0.1, -0.05) is 12.1 Å². The molecule has 2 aliphatic heterocycles. The molecule has 38 heavy (non-hydrogen) atoms. The SMILES string of the molecule is C[C@H]1[C@@H](c2cc(F)cc(C(F)(F)F)c2)OC(=O)N1Cc1cc(C(F)(F)F)ccc1B1OC(C)(C)C(C)(C)O1. The van der Waals surface area contributed by atoms with Gasteiger partial charge in [-0.25, -0.2) is 9.18 Å². The lowest BCUT2D eigenvalue weighted by atomic mass is 9.75. The van der Waals surface area contributed by atoms with Gasteiger partial charge in [-0.2, -0.15) is 26.3 Å². The molecule has 13 heteroatoms. The van der Waals surface area contributed by atoms with Crippen LogP contribution in [0.25, 0.3) is 0 Å². The quantitative estimate of drug-likeness (QED) is 0.336. The predicted molar refractivity (Wildman–Crippen MR) is 123 cm³/mol. The van der Waals surface area contributed by atoms with E-state index in [0.29, 0.717) is 12.1 Å². The van der Waals surface area contributed by atoms with Gasteiger partial charge in [0.1, 0.15) is 11.9 Å². The van der Waals surface area contributed by atoms with Crippen molar-refractivity contribution in [3.05, 3.63) is 64.5 Å². The number of cyclic esters (lactones) is 1. The Morgan fingerprint density at radius 2 is 1.47 bits per heavy atom. The summed E-state index contributed by atoms with van der Waals surface area (Å²) in [7, 11) is -1.04. The lowest BCUT2D eigenvalue weighted by Crippen LogP contribution is -2.41. The van der Waals surface area contributed by atoms with E-state index in [9.17, 15) is 35.5 Å². The first-order valence-electron chi connectivity index (χ1n) is 11.7. The Morgan fingerprint density at radius 1 is 0.895 bits per heavy atom. The molecule has 4 rings (SSSR count). The van der Waals surface area contributed by atoms with Crippen molar-refractivity contribution >= 4 is 18.7 Å². The van der Waals surface area contributed by atoms with E-state index in [4.69, 9.17) is 14.0 Å². The molecule has 2 aromatic carbocycles. The molecule has 206 valence electrons. The zero-order valence-corrected chi connectivity index (χ0v) is 21.1. The van der Waals surface area contributed by atoms with Crippen LogP contribution in [0.15, 0.2) is 36.4 Å². The highest BCUT2D eigenvalue weighted by Gasteiger charge is 2.53. The molecular weight excluding hydrogens is 522 g/mol. The molecule has 2 fully saturated rings. The molecule has 0 bridgehead atoms. The number of hydrogen-bond acceptors (Lipinski definition) is 4. The maximum Gasteiger partial charge on any atom is 0.495 e. The normalized spacial score (nSPS) is 23.2. The fourth-order valence-electron chi connectivity index (χ4n) is 4.40. The average molecular weight is 547 g/mol. The van der Waals surface area contributed by atoms with E-state index in [-0.39, 0.29) is 23.1 Å². The molecule has 0 saturated carbocycles. The lowest BCUT2D eigenvalue weighted by Gasteiger charge is -2.32. The van der Waals surface area contributed by atoms with Crippen molar-refractivity contribution in [2.45, 2.75) is 76.9 Å². The van der Waals surface area contributed by atoms with Gasteiger partial charge in [0.25, 0.3) is 0 Å². The van der Waals surface area contributed by atoms with E-state index in [1.165, 1.54) is 13.0 Å². The molecule has 2 heterocycles. The largest absolute Gasteiger partial charge is 0.495 e. The van der Waals surface area contributed by atoms with Crippen molar-refractivity contribution in [1.29, 1.82) is 0 Å². The van der Waals surface area contributed by atoms with Gasteiger partial charge in [-0.15, -0.1) is 0 Å². The fraction of sp³-hybridized carbons (Fsp3) is 0.480. The van der Waals surface area contributed by atoms with Crippen LogP contribution in [-0.2, 0) is 32.9 Å². The number of nitrogens with zero attached hydrogens (tertiary/aromatic N) is 1. The number of alkyl halides is 6. The van der Waals surface area contributed by atoms with Gasteiger partial charge in [0.15, 0.2) is 0 Å². The Kier molecular flexibility index (Phi) is 6.79. The van der Waals surface area contributed by atoms with E-state index in [0.717, 1.165) is 23.1 Å². The molecule has 1 amide bonds. The summed E-state index contributed by atoms with van der Waals surface area (Å²) in [6.45, 7) is 8.16. The standard InChI is InChI=1S/C25H25BF7NO4/c1-13-20(14-8-17(25(31,32)33)11-18(27)10-14)36-21(35)34(13)12-15-9-16(24(28,29)30)6-7-19(15)26-37-22(2,3)23(4,5)38-26/h6-11,13,20H,12H2,1-5H3/t13-,20-/m0/s1. The number of amides is 1. The smallest absolute Gasteiger partial charge is 0.439 e. The van der Waals surface area contributed by atoms with Crippen LogP contribution in [0.4, 0.5) is 35.5 Å². The monoisotopic (exact) mass is 547 g/mol. The summed E-state index contributed by atoms with van der Waals surface area (Å²) in [6, 6.07) is 3.86. The van der Waals surface area contributed by atoms with E-state index in [1.54, 1.807) is 27.7 Å². The van der Waals surface area contributed by atoms with Crippen LogP contribution in [0.2, 0.25) is 0 Å². The number of hydrogen-bond donors (Lipinski definition) is 0. The maximum atomic E-state index is 14.0. The molecular formula is C25H25BF7NO4. The Bertz CT molecular complexity index is 1230. The summed E-state index contributed by atoms with van der Waals surface area (Å²) in [5.41, 5.74) is -3.73. The first-order valence-corrected chi connectivity index (χ1v) is 11.7. The number of carbonyl (C=O) groups excluding carboxylic acids is 1. The van der Waals surface area contributed by atoms with Crippen LogP contribution in [0.3, 0.4) is 0 Å². The Balaban J connectivity index is 1.69. The number of halogens is 7. The van der Waals surface area contributed by atoms with Crippen molar-refractivity contribution < 1.29 is 49.6 Å². The van der Waals surface area contributed by atoms with Gasteiger partial charge in [-0.05, 0) is 75.5 Å². The highest BCUT2D eigenvalue weighted by molar-refractivity contribution is 6.62. The van der Waals surface area contributed by atoms with Gasteiger partial charge >= 0.3 is 25.6 Å². The second kappa shape index (κ2) is 9.15. The van der Waals surface area contributed by atoms with Crippen LogP contribution in [0.5, 0.6) is 0 Å². The predicted octanol–water partition coefficient (Wildman–Crippen LogP) is 6.24. The Morgan fingerprint density at radius 3 is 2.03 bits per heavy atom. The topological polar surface area (TPSA) is 48.0 Å². The van der Waals surface area contributed by atoms with Gasteiger partial charge in [0.2, 0.25) is 0 Å². The number of carbonyl (C=O) groups is 1. The van der Waals surface area contributed by atoms with Crippen LogP contribution >= 0.6 is 0 Å². The zero-order chi connectivity index (χ0) is 28.4. The minimum Gasteiger partial charge on any atom is -0.439 e. The molecule has 2 atom stereocenters. The maximum absolute atomic E-state index is 14.0. The molecule has 0 aromatic heterocycles. The van der Waals surface area contributed by atoms with Crippen LogP contribution < -0.4 is 5.46 Å².